The molecule has 0 radical (unpaired) electrons. The predicted molar refractivity (Wildman–Crippen MR) is 118 cm³/mol. The van der Waals surface area contributed by atoms with Crippen molar-refractivity contribution in [1.29, 1.82) is 0 Å². The standard InChI is InChI=1S/C20H17BrN4O2S2/c1-20(2)7-13-15(8-27-20)29-18-16(13)17-23-24-19(25(17)10-22-18)28-9-14(26)11-3-5-12(21)6-4-11/h3-6,10H,7-9H2,1-2H3. The number of hydrogen-bond acceptors (Lipinski definition) is 7. The van der Waals surface area contributed by atoms with Crippen molar-refractivity contribution in [2.45, 2.75) is 37.6 Å². The van der Waals surface area contributed by atoms with Gasteiger partial charge < -0.3 is 4.74 Å². The fourth-order valence-corrected chi connectivity index (χ4v) is 5.60. The van der Waals surface area contributed by atoms with E-state index < -0.39 is 0 Å². The summed E-state index contributed by atoms with van der Waals surface area (Å²) in [5.41, 5.74) is 2.53. The monoisotopic (exact) mass is 488 g/mol. The average molecular weight is 489 g/mol. The van der Waals surface area contributed by atoms with Gasteiger partial charge in [0, 0.05) is 21.3 Å². The van der Waals surface area contributed by atoms with Crippen molar-refractivity contribution in [3.63, 3.8) is 0 Å². The number of nitrogens with zero attached hydrogens (tertiary/aromatic N) is 4. The lowest BCUT2D eigenvalue weighted by atomic mass is 9.94. The third-order valence-electron chi connectivity index (χ3n) is 4.95. The molecule has 148 valence electrons. The summed E-state index contributed by atoms with van der Waals surface area (Å²) in [4.78, 5) is 19.3. The molecule has 29 heavy (non-hydrogen) atoms. The Kier molecular flexibility index (Phi) is 4.73. The van der Waals surface area contributed by atoms with E-state index in [4.69, 9.17) is 4.74 Å². The van der Waals surface area contributed by atoms with E-state index in [2.05, 4.69) is 45.0 Å². The number of benzene rings is 1. The predicted octanol–water partition coefficient (Wildman–Crippen LogP) is 4.93. The van der Waals surface area contributed by atoms with Crippen molar-refractivity contribution in [2.75, 3.05) is 5.75 Å². The Morgan fingerprint density at radius 3 is 2.90 bits per heavy atom. The molecule has 0 aliphatic carbocycles. The highest BCUT2D eigenvalue weighted by molar-refractivity contribution is 9.10. The summed E-state index contributed by atoms with van der Waals surface area (Å²) >= 11 is 6.43. The van der Waals surface area contributed by atoms with Crippen molar-refractivity contribution in [2.24, 2.45) is 0 Å². The number of ketones is 1. The Hall–Kier alpha value is -1.81. The summed E-state index contributed by atoms with van der Waals surface area (Å²) in [6.07, 6.45) is 2.57. The molecule has 3 aromatic heterocycles. The number of rotatable bonds is 4. The molecule has 0 amide bonds. The molecule has 0 atom stereocenters. The Morgan fingerprint density at radius 1 is 1.31 bits per heavy atom. The molecule has 4 aromatic rings. The zero-order valence-corrected chi connectivity index (χ0v) is 19.0. The molecular formula is C20H17BrN4O2S2. The van der Waals surface area contributed by atoms with Crippen LogP contribution in [0.2, 0.25) is 0 Å². The first-order valence-electron chi connectivity index (χ1n) is 9.11. The molecule has 0 bridgehead atoms. The maximum Gasteiger partial charge on any atom is 0.197 e. The SMILES string of the molecule is CC1(C)Cc2c(sc3ncn4c(SCC(=O)c5ccc(Br)cc5)nnc4c23)CO1. The molecule has 0 spiro atoms. The van der Waals surface area contributed by atoms with Gasteiger partial charge in [0.15, 0.2) is 16.6 Å². The summed E-state index contributed by atoms with van der Waals surface area (Å²) in [6.45, 7) is 4.81. The van der Waals surface area contributed by atoms with Crippen LogP contribution in [0.25, 0.3) is 15.9 Å². The number of hydrogen-bond donors (Lipinski definition) is 0. The van der Waals surface area contributed by atoms with Crippen molar-refractivity contribution in [3.8, 4) is 0 Å². The van der Waals surface area contributed by atoms with Gasteiger partial charge >= 0.3 is 0 Å². The molecule has 6 nitrogen and oxygen atoms in total. The van der Waals surface area contributed by atoms with Gasteiger partial charge in [0.1, 0.15) is 11.2 Å². The fourth-order valence-electron chi connectivity index (χ4n) is 3.47. The quantitative estimate of drug-likeness (QED) is 0.299. The lowest BCUT2D eigenvalue weighted by Crippen LogP contribution is -2.31. The molecule has 4 heterocycles. The van der Waals surface area contributed by atoms with Crippen LogP contribution in [0.4, 0.5) is 0 Å². The molecular weight excluding hydrogens is 472 g/mol. The van der Waals surface area contributed by atoms with Crippen molar-refractivity contribution < 1.29 is 9.53 Å². The van der Waals surface area contributed by atoms with Gasteiger partial charge in [-0.15, -0.1) is 21.5 Å². The highest BCUT2D eigenvalue weighted by atomic mass is 79.9. The first-order chi connectivity index (χ1) is 13.9. The molecule has 1 aliphatic rings. The number of aromatic nitrogens is 4. The molecule has 9 heteroatoms. The van der Waals surface area contributed by atoms with Crippen LogP contribution in [0.5, 0.6) is 0 Å². The van der Waals surface area contributed by atoms with Crippen molar-refractivity contribution in [1.82, 2.24) is 19.6 Å². The Morgan fingerprint density at radius 2 is 2.10 bits per heavy atom. The molecule has 0 fully saturated rings. The van der Waals surface area contributed by atoms with Crippen LogP contribution in [-0.4, -0.2) is 36.7 Å². The molecule has 5 rings (SSSR count). The highest BCUT2D eigenvalue weighted by Gasteiger charge is 2.31. The van der Waals surface area contributed by atoms with E-state index in [1.807, 2.05) is 28.7 Å². The van der Waals surface area contributed by atoms with E-state index in [1.54, 1.807) is 17.7 Å². The first-order valence-corrected chi connectivity index (χ1v) is 11.7. The number of Topliss-reactive ketones (excluding diaryl/α,β-unsaturated/α-hetero) is 1. The number of ether oxygens (including phenoxy) is 1. The number of thiophene rings is 1. The Balaban J connectivity index is 1.47. The molecule has 1 aromatic carbocycles. The maximum absolute atomic E-state index is 12.5. The number of halogens is 1. The van der Waals surface area contributed by atoms with Crippen LogP contribution in [0.3, 0.4) is 0 Å². The highest BCUT2D eigenvalue weighted by Crippen LogP contribution is 2.39. The van der Waals surface area contributed by atoms with Crippen molar-refractivity contribution >= 4 is 60.7 Å². The Bertz CT molecular complexity index is 1250. The zero-order chi connectivity index (χ0) is 20.2. The summed E-state index contributed by atoms with van der Waals surface area (Å²) in [6, 6.07) is 7.38. The zero-order valence-electron chi connectivity index (χ0n) is 15.8. The second kappa shape index (κ2) is 7.16. The lowest BCUT2D eigenvalue weighted by molar-refractivity contribution is -0.0379. The number of carbonyl (C=O) groups is 1. The number of carbonyl (C=O) groups excluding carboxylic acids is 1. The van der Waals surface area contributed by atoms with Gasteiger partial charge in [0.05, 0.1) is 23.3 Å². The van der Waals surface area contributed by atoms with Gasteiger partial charge in [-0.3, -0.25) is 9.20 Å². The van der Waals surface area contributed by atoms with Crippen LogP contribution in [-0.2, 0) is 17.8 Å². The first kappa shape index (κ1) is 19.2. The topological polar surface area (TPSA) is 69.4 Å². The van der Waals surface area contributed by atoms with Crippen LogP contribution in [0, 0.1) is 0 Å². The summed E-state index contributed by atoms with van der Waals surface area (Å²) in [7, 11) is 0. The minimum Gasteiger partial charge on any atom is -0.370 e. The van der Waals surface area contributed by atoms with Gasteiger partial charge in [0.25, 0.3) is 0 Å². The van der Waals surface area contributed by atoms with Crippen LogP contribution in [0.15, 0.2) is 40.2 Å². The van der Waals surface area contributed by atoms with Gasteiger partial charge in [-0.1, -0.05) is 39.8 Å². The molecule has 0 saturated carbocycles. The Labute approximate surface area is 183 Å². The fraction of sp³-hybridized carbons (Fsp3) is 0.300. The van der Waals surface area contributed by atoms with E-state index in [9.17, 15) is 4.79 Å². The molecule has 0 saturated heterocycles. The minimum atomic E-state index is -0.206. The number of fused-ring (bicyclic) bond motifs is 5. The summed E-state index contributed by atoms with van der Waals surface area (Å²) in [5.74, 6) is 0.350. The maximum atomic E-state index is 12.5. The number of thioether (sulfide) groups is 1. The van der Waals surface area contributed by atoms with Crippen molar-refractivity contribution in [3.05, 3.63) is 51.1 Å². The summed E-state index contributed by atoms with van der Waals surface area (Å²) < 4.78 is 8.79. The van der Waals surface area contributed by atoms with Gasteiger partial charge in [-0.25, -0.2) is 4.98 Å². The van der Waals surface area contributed by atoms with Crippen LogP contribution in [0.1, 0.15) is 34.6 Å². The van der Waals surface area contributed by atoms with E-state index in [-0.39, 0.29) is 11.4 Å². The molecule has 0 N–H and O–H groups in total. The summed E-state index contributed by atoms with van der Waals surface area (Å²) in [5, 5.41) is 10.5. The second-order valence-electron chi connectivity index (χ2n) is 7.55. The van der Waals surface area contributed by atoms with Crippen LogP contribution >= 0.6 is 39.0 Å². The lowest BCUT2D eigenvalue weighted by Gasteiger charge is -2.30. The van der Waals surface area contributed by atoms with Crippen LogP contribution < -0.4 is 0 Å². The van der Waals surface area contributed by atoms with E-state index in [0.29, 0.717) is 23.1 Å². The van der Waals surface area contributed by atoms with Gasteiger partial charge in [-0.2, -0.15) is 0 Å². The van der Waals surface area contributed by atoms with E-state index in [1.165, 1.54) is 22.2 Å². The smallest absolute Gasteiger partial charge is 0.197 e. The van der Waals surface area contributed by atoms with Gasteiger partial charge in [0.2, 0.25) is 0 Å². The van der Waals surface area contributed by atoms with Gasteiger partial charge in [-0.05, 0) is 31.5 Å². The third kappa shape index (κ3) is 3.50. The second-order valence-corrected chi connectivity index (χ2v) is 10.5. The molecule has 0 unspecified atom stereocenters. The normalized spacial score (nSPS) is 15.7. The molecule has 1 aliphatic heterocycles. The largest absolute Gasteiger partial charge is 0.370 e. The average Bonchev–Trinajstić information content (AvgIpc) is 3.26. The third-order valence-corrected chi connectivity index (χ3v) is 7.53. The van der Waals surface area contributed by atoms with E-state index in [0.717, 1.165) is 26.8 Å². The van der Waals surface area contributed by atoms with E-state index >= 15 is 0 Å². The minimum absolute atomic E-state index is 0.0556.